The van der Waals surface area contributed by atoms with Crippen LogP contribution in [0.3, 0.4) is 0 Å². The molecule has 34 heavy (non-hydrogen) atoms. The zero-order valence-electron chi connectivity index (χ0n) is 18.9. The van der Waals surface area contributed by atoms with Crippen molar-refractivity contribution in [1.82, 2.24) is 14.9 Å². The third-order valence-electron chi connectivity index (χ3n) is 6.62. The molecule has 0 aromatic carbocycles. The molecule has 182 valence electrons. The highest BCUT2D eigenvalue weighted by Gasteiger charge is 2.46. The number of likely N-dealkylation sites (tertiary alicyclic amines) is 1. The van der Waals surface area contributed by atoms with Gasteiger partial charge in [-0.1, -0.05) is 6.07 Å². The van der Waals surface area contributed by atoms with Crippen molar-refractivity contribution >= 4 is 17.7 Å². The highest BCUT2D eigenvalue weighted by atomic mass is 19.3. The van der Waals surface area contributed by atoms with Crippen molar-refractivity contribution in [2.24, 2.45) is 0 Å². The number of amides is 1. The molecular weight excluding hydrogens is 446 g/mol. The standard InChI is InChI=1S/C24H28F2N4O4/c1-15(30-11-10-24(25,26)19(14-30)16-7-9-21(31)28-12-16)22(32)29-20-8-6-17(13-27-20)23(33)34-18-4-2-3-5-18/h6-9,12-13,15,18-19H,2-5,10-11,14H2,1H3,(H,28,31)(H,27,29,32)/t15-,19+/m0/s1. The maximum atomic E-state index is 14.6. The van der Waals surface area contributed by atoms with Crippen LogP contribution < -0.4 is 10.9 Å². The number of halogens is 2. The molecule has 3 heterocycles. The van der Waals surface area contributed by atoms with Crippen LogP contribution in [0.4, 0.5) is 14.6 Å². The lowest BCUT2D eigenvalue weighted by molar-refractivity contribution is -0.125. The van der Waals surface area contributed by atoms with Gasteiger partial charge in [0, 0.05) is 38.0 Å². The minimum atomic E-state index is -2.95. The number of rotatable bonds is 6. The first-order valence-corrected chi connectivity index (χ1v) is 11.5. The number of aromatic nitrogens is 2. The largest absolute Gasteiger partial charge is 0.459 e. The number of carbonyl (C=O) groups is 2. The van der Waals surface area contributed by atoms with E-state index in [4.69, 9.17) is 4.74 Å². The fourth-order valence-electron chi connectivity index (χ4n) is 4.48. The van der Waals surface area contributed by atoms with E-state index in [1.807, 2.05) is 0 Å². The first-order valence-electron chi connectivity index (χ1n) is 11.5. The molecule has 1 aliphatic heterocycles. The minimum Gasteiger partial charge on any atom is -0.459 e. The fourth-order valence-corrected chi connectivity index (χ4v) is 4.48. The van der Waals surface area contributed by atoms with Gasteiger partial charge in [0.25, 0.3) is 5.92 Å². The lowest BCUT2D eigenvalue weighted by atomic mass is 9.87. The normalized spacial score (nSPS) is 21.7. The molecule has 1 aliphatic carbocycles. The molecule has 1 amide bonds. The monoisotopic (exact) mass is 474 g/mol. The number of H-pyrrole nitrogens is 1. The molecule has 2 aliphatic rings. The molecule has 0 unspecified atom stereocenters. The summed E-state index contributed by atoms with van der Waals surface area (Å²) in [4.78, 5) is 44.6. The molecule has 2 fully saturated rings. The first-order chi connectivity index (χ1) is 16.2. The summed E-state index contributed by atoms with van der Waals surface area (Å²) < 4.78 is 34.7. The Morgan fingerprint density at radius 3 is 2.65 bits per heavy atom. The smallest absolute Gasteiger partial charge is 0.339 e. The van der Waals surface area contributed by atoms with Crippen LogP contribution >= 0.6 is 0 Å². The molecule has 1 saturated heterocycles. The van der Waals surface area contributed by atoms with Gasteiger partial charge in [-0.15, -0.1) is 0 Å². The Labute approximate surface area is 195 Å². The number of aromatic amines is 1. The molecule has 2 aromatic rings. The number of nitrogens with one attached hydrogen (secondary N) is 2. The van der Waals surface area contributed by atoms with Gasteiger partial charge < -0.3 is 15.0 Å². The Kier molecular flexibility index (Phi) is 7.06. The Hall–Kier alpha value is -3.14. The average Bonchev–Trinajstić information content (AvgIpc) is 3.33. The quantitative estimate of drug-likeness (QED) is 0.623. The molecule has 0 spiro atoms. The number of nitrogens with zero attached hydrogens (tertiary/aromatic N) is 2. The van der Waals surface area contributed by atoms with Gasteiger partial charge in [-0.3, -0.25) is 14.5 Å². The summed E-state index contributed by atoms with van der Waals surface area (Å²) in [5.41, 5.74) is 0.265. The molecule has 1 saturated carbocycles. The van der Waals surface area contributed by atoms with Crippen LogP contribution in [0.15, 0.2) is 41.5 Å². The number of anilines is 1. The Morgan fingerprint density at radius 2 is 2.00 bits per heavy atom. The van der Waals surface area contributed by atoms with E-state index in [0.29, 0.717) is 11.1 Å². The predicted octanol–water partition coefficient (Wildman–Crippen LogP) is 3.32. The Morgan fingerprint density at radius 1 is 1.24 bits per heavy atom. The Balaban J connectivity index is 1.36. The second-order valence-corrected chi connectivity index (χ2v) is 8.95. The molecule has 10 heteroatoms. The minimum absolute atomic E-state index is 0.0347. The molecule has 0 bridgehead atoms. The number of piperidine rings is 1. The molecule has 2 atom stereocenters. The van der Waals surface area contributed by atoms with Gasteiger partial charge in [-0.2, -0.15) is 0 Å². The topological polar surface area (TPSA) is 104 Å². The summed E-state index contributed by atoms with van der Waals surface area (Å²) in [6.45, 7) is 1.67. The Bertz CT molecular complexity index is 1060. The lowest BCUT2D eigenvalue weighted by Gasteiger charge is -2.40. The van der Waals surface area contributed by atoms with Gasteiger partial charge in [0.1, 0.15) is 11.9 Å². The van der Waals surface area contributed by atoms with E-state index in [1.165, 1.54) is 36.7 Å². The summed E-state index contributed by atoms with van der Waals surface area (Å²) in [5.74, 6) is -4.66. The van der Waals surface area contributed by atoms with Crippen molar-refractivity contribution in [2.45, 2.75) is 63.0 Å². The third kappa shape index (κ3) is 5.49. The number of hydrogen-bond acceptors (Lipinski definition) is 6. The molecule has 8 nitrogen and oxygen atoms in total. The van der Waals surface area contributed by atoms with Gasteiger partial charge in [0.15, 0.2) is 0 Å². The van der Waals surface area contributed by atoms with Gasteiger partial charge >= 0.3 is 5.97 Å². The first kappa shape index (κ1) is 24.0. The molecule has 2 aromatic heterocycles. The van der Waals surface area contributed by atoms with Crippen molar-refractivity contribution in [2.75, 3.05) is 18.4 Å². The summed E-state index contributed by atoms with van der Waals surface area (Å²) >= 11 is 0. The zero-order valence-corrected chi connectivity index (χ0v) is 18.9. The maximum absolute atomic E-state index is 14.6. The van der Waals surface area contributed by atoms with Gasteiger partial charge in [-0.25, -0.2) is 18.6 Å². The van der Waals surface area contributed by atoms with Crippen molar-refractivity contribution in [1.29, 1.82) is 0 Å². The number of hydrogen-bond donors (Lipinski definition) is 2. The number of carbonyl (C=O) groups excluding carboxylic acids is 2. The van der Waals surface area contributed by atoms with Crippen LogP contribution in [0.1, 0.15) is 60.9 Å². The van der Waals surface area contributed by atoms with E-state index in [9.17, 15) is 23.2 Å². The van der Waals surface area contributed by atoms with Crippen molar-refractivity contribution in [3.05, 3.63) is 58.1 Å². The van der Waals surface area contributed by atoms with E-state index >= 15 is 0 Å². The number of alkyl halides is 2. The van der Waals surface area contributed by atoms with Crippen LogP contribution in [-0.4, -0.2) is 57.9 Å². The van der Waals surface area contributed by atoms with Crippen LogP contribution in [0, 0.1) is 0 Å². The lowest BCUT2D eigenvalue weighted by Crippen LogP contribution is -2.52. The summed E-state index contributed by atoms with van der Waals surface area (Å²) in [6, 6.07) is 4.99. The van der Waals surface area contributed by atoms with Gasteiger partial charge in [0.2, 0.25) is 11.5 Å². The van der Waals surface area contributed by atoms with Crippen LogP contribution in [0.2, 0.25) is 0 Å². The summed E-state index contributed by atoms with van der Waals surface area (Å²) in [6.07, 6.45) is 6.06. The summed E-state index contributed by atoms with van der Waals surface area (Å²) in [5, 5.41) is 2.68. The zero-order chi connectivity index (χ0) is 24.3. The van der Waals surface area contributed by atoms with Crippen molar-refractivity contribution in [3.8, 4) is 0 Å². The van der Waals surface area contributed by atoms with Gasteiger partial charge in [-0.05, 0) is 50.3 Å². The van der Waals surface area contributed by atoms with Crippen molar-refractivity contribution < 1.29 is 23.1 Å². The van der Waals surface area contributed by atoms with Crippen molar-refractivity contribution in [3.63, 3.8) is 0 Å². The predicted molar refractivity (Wildman–Crippen MR) is 121 cm³/mol. The molecule has 2 N–H and O–H groups in total. The highest BCUT2D eigenvalue weighted by molar-refractivity contribution is 5.94. The van der Waals surface area contributed by atoms with Gasteiger partial charge in [0.05, 0.1) is 17.5 Å². The molecular formula is C24H28F2N4O4. The second kappa shape index (κ2) is 10.0. The number of esters is 1. The number of pyridine rings is 2. The van der Waals surface area contributed by atoms with E-state index < -0.39 is 30.3 Å². The average molecular weight is 475 g/mol. The van der Waals surface area contributed by atoms with E-state index in [1.54, 1.807) is 11.8 Å². The fraction of sp³-hybridized carbons (Fsp3) is 0.500. The number of ether oxygens (including phenoxy) is 1. The van der Waals surface area contributed by atoms with Crippen LogP contribution in [0.5, 0.6) is 0 Å². The maximum Gasteiger partial charge on any atom is 0.339 e. The SMILES string of the molecule is C[C@@H](C(=O)Nc1ccc(C(=O)OC2CCCC2)cn1)N1CCC(F)(F)[C@@H](c2ccc(=O)[nH]c2)C1. The third-order valence-corrected chi connectivity index (χ3v) is 6.62. The van der Waals surface area contributed by atoms with Crippen LogP contribution in [-0.2, 0) is 9.53 Å². The van der Waals surface area contributed by atoms with Crippen LogP contribution in [0.25, 0.3) is 0 Å². The highest BCUT2D eigenvalue weighted by Crippen LogP contribution is 2.40. The summed E-state index contributed by atoms with van der Waals surface area (Å²) in [7, 11) is 0. The van der Waals surface area contributed by atoms with E-state index in [2.05, 4.69) is 15.3 Å². The van der Waals surface area contributed by atoms with E-state index in [-0.39, 0.29) is 36.5 Å². The molecule has 4 rings (SSSR count). The molecule has 0 radical (unpaired) electrons. The second-order valence-electron chi connectivity index (χ2n) is 8.95. The van der Waals surface area contributed by atoms with E-state index in [0.717, 1.165) is 25.7 Å².